The fraction of sp³-hybridized carbons (Fsp3) is 0.200. The van der Waals surface area contributed by atoms with Crippen molar-refractivity contribution in [1.82, 2.24) is 8.54 Å². The Morgan fingerprint density at radius 1 is 1.07 bits per heavy atom. The van der Waals surface area contributed by atoms with Crippen LogP contribution in [-0.2, 0) is 21.4 Å². The van der Waals surface area contributed by atoms with Crippen LogP contribution < -0.4 is 15.7 Å². The van der Waals surface area contributed by atoms with Crippen LogP contribution in [0.3, 0.4) is 0 Å². The highest BCUT2D eigenvalue weighted by molar-refractivity contribution is 7.90. The highest BCUT2D eigenvalue weighted by Crippen LogP contribution is 2.18. The average molecular weight is 415 g/mol. The van der Waals surface area contributed by atoms with E-state index >= 15 is 0 Å². The van der Waals surface area contributed by atoms with Gasteiger partial charge in [-0.05, 0) is 55.3 Å². The van der Waals surface area contributed by atoms with Crippen molar-refractivity contribution in [3.05, 3.63) is 76.5 Å². The molecule has 1 N–H and O–H groups in total. The quantitative estimate of drug-likeness (QED) is 0.665. The number of benzene rings is 2. The average Bonchev–Trinajstić information content (AvgIpc) is 3.06. The molecule has 0 fully saturated rings. The Hall–Kier alpha value is -3.33. The van der Waals surface area contributed by atoms with Crippen molar-refractivity contribution in [2.45, 2.75) is 25.3 Å². The van der Waals surface area contributed by atoms with Crippen LogP contribution in [0.1, 0.15) is 11.1 Å². The van der Waals surface area contributed by atoms with E-state index in [1.807, 2.05) is 26.0 Å². The molecular weight excluding hydrogens is 394 g/mol. The van der Waals surface area contributed by atoms with Gasteiger partial charge < -0.3 is 10.1 Å². The van der Waals surface area contributed by atoms with Gasteiger partial charge in [-0.25, -0.2) is 13.2 Å². The van der Waals surface area contributed by atoms with Crippen molar-refractivity contribution >= 4 is 21.6 Å². The van der Waals surface area contributed by atoms with Crippen molar-refractivity contribution in [2.75, 3.05) is 12.4 Å². The molecule has 8 nitrogen and oxygen atoms in total. The predicted octanol–water partition coefficient (Wildman–Crippen LogP) is 2.15. The van der Waals surface area contributed by atoms with Gasteiger partial charge in [-0.1, -0.05) is 12.1 Å². The Bertz CT molecular complexity index is 1210. The van der Waals surface area contributed by atoms with Gasteiger partial charge >= 0.3 is 5.69 Å². The Morgan fingerprint density at radius 3 is 2.41 bits per heavy atom. The summed E-state index contributed by atoms with van der Waals surface area (Å²) < 4.78 is 32.1. The van der Waals surface area contributed by atoms with Gasteiger partial charge in [-0.2, -0.15) is 3.97 Å². The van der Waals surface area contributed by atoms with Gasteiger partial charge in [0.15, 0.2) is 0 Å². The number of nitrogens with one attached hydrogen (secondary N) is 1. The molecule has 1 amide bonds. The lowest BCUT2D eigenvalue weighted by atomic mass is 10.1. The van der Waals surface area contributed by atoms with Crippen LogP contribution in [-0.4, -0.2) is 30.0 Å². The lowest BCUT2D eigenvalue weighted by Gasteiger charge is -2.10. The number of hydrogen-bond acceptors (Lipinski definition) is 5. The molecule has 0 bridgehead atoms. The fourth-order valence-electron chi connectivity index (χ4n) is 2.79. The Kier molecular flexibility index (Phi) is 5.60. The summed E-state index contributed by atoms with van der Waals surface area (Å²) in [6, 6.07) is 11.2. The van der Waals surface area contributed by atoms with Gasteiger partial charge in [-0.3, -0.25) is 9.36 Å². The van der Waals surface area contributed by atoms with Crippen molar-refractivity contribution in [3.8, 4) is 5.75 Å². The normalized spacial score (nSPS) is 11.3. The van der Waals surface area contributed by atoms with Gasteiger partial charge in [0.1, 0.15) is 12.3 Å². The van der Waals surface area contributed by atoms with E-state index in [1.54, 1.807) is 6.07 Å². The molecule has 3 rings (SSSR count). The number of aryl methyl sites for hydroxylation is 1. The first-order valence-electron chi connectivity index (χ1n) is 8.77. The third kappa shape index (κ3) is 4.09. The Labute approximate surface area is 168 Å². The summed E-state index contributed by atoms with van der Waals surface area (Å²) in [7, 11) is -2.62. The van der Waals surface area contributed by atoms with Crippen molar-refractivity contribution in [2.24, 2.45) is 0 Å². The maximum atomic E-state index is 12.7. The van der Waals surface area contributed by atoms with E-state index in [9.17, 15) is 18.0 Å². The molecule has 152 valence electrons. The number of carbonyl (C=O) groups excluding carboxylic acids is 1. The second-order valence-electron chi connectivity index (χ2n) is 6.48. The summed E-state index contributed by atoms with van der Waals surface area (Å²) in [4.78, 5) is 24.9. The van der Waals surface area contributed by atoms with Gasteiger partial charge in [0.2, 0.25) is 5.91 Å². The summed E-state index contributed by atoms with van der Waals surface area (Å²) >= 11 is 0. The molecule has 0 radical (unpaired) electrons. The zero-order chi connectivity index (χ0) is 21.2. The number of nitrogens with zero attached hydrogens (tertiary/aromatic N) is 2. The van der Waals surface area contributed by atoms with Crippen LogP contribution in [0.25, 0.3) is 0 Å². The molecule has 2 aromatic carbocycles. The molecule has 0 aliphatic heterocycles. The van der Waals surface area contributed by atoms with Crippen LogP contribution in [0.4, 0.5) is 5.69 Å². The number of imidazole rings is 1. The highest BCUT2D eigenvalue weighted by Gasteiger charge is 2.21. The third-order valence-electron chi connectivity index (χ3n) is 4.63. The zero-order valence-electron chi connectivity index (χ0n) is 16.2. The number of rotatable bonds is 6. The minimum Gasteiger partial charge on any atom is -0.497 e. The van der Waals surface area contributed by atoms with E-state index < -0.39 is 21.6 Å². The van der Waals surface area contributed by atoms with E-state index in [0.717, 1.165) is 21.9 Å². The summed E-state index contributed by atoms with van der Waals surface area (Å²) in [6.45, 7) is 3.51. The lowest BCUT2D eigenvalue weighted by molar-refractivity contribution is -0.116. The van der Waals surface area contributed by atoms with Gasteiger partial charge in [0.05, 0.1) is 12.0 Å². The van der Waals surface area contributed by atoms with E-state index in [0.29, 0.717) is 15.4 Å². The minimum atomic E-state index is -4.08. The molecule has 29 heavy (non-hydrogen) atoms. The van der Waals surface area contributed by atoms with Crippen molar-refractivity contribution in [3.63, 3.8) is 0 Å². The topological polar surface area (TPSA) is 99.4 Å². The molecular formula is C20H21N3O5S. The number of aromatic nitrogens is 2. The number of hydrogen-bond donors (Lipinski definition) is 1. The molecule has 0 atom stereocenters. The Balaban J connectivity index is 1.82. The molecule has 1 aromatic heterocycles. The number of carbonyl (C=O) groups is 1. The van der Waals surface area contributed by atoms with E-state index in [-0.39, 0.29) is 11.4 Å². The molecule has 0 spiro atoms. The summed E-state index contributed by atoms with van der Waals surface area (Å²) in [5.41, 5.74) is 1.77. The smallest absolute Gasteiger partial charge is 0.342 e. The van der Waals surface area contributed by atoms with Crippen LogP contribution >= 0.6 is 0 Å². The zero-order valence-corrected chi connectivity index (χ0v) is 17.1. The minimum absolute atomic E-state index is 0.0574. The van der Waals surface area contributed by atoms with E-state index in [4.69, 9.17) is 4.74 Å². The monoisotopic (exact) mass is 415 g/mol. The maximum Gasteiger partial charge on any atom is 0.342 e. The molecule has 0 unspecified atom stereocenters. The molecule has 0 aliphatic rings. The first-order chi connectivity index (χ1) is 13.7. The van der Waals surface area contributed by atoms with Crippen LogP contribution in [0, 0.1) is 13.8 Å². The number of amides is 1. The first-order valence-corrected chi connectivity index (χ1v) is 10.2. The molecule has 9 heteroatoms. The number of anilines is 1. The lowest BCUT2D eigenvalue weighted by Crippen LogP contribution is -2.32. The van der Waals surface area contributed by atoms with Gasteiger partial charge in [-0.15, -0.1) is 0 Å². The fourth-order valence-corrected chi connectivity index (χ4v) is 4.02. The first kappa shape index (κ1) is 20.4. The van der Waals surface area contributed by atoms with Crippen molar-refractivity contribution < 1.29 is 17.9 Å². The standard InChI is InChI=1S/C20H21N3O5S/c1-14-5-4-6-18(15(14)2)21-19(24)13-22-11-12-23(20(22)25)29(26,27)17-9-7-16(28-3)8-10-17/h4-12H,13H2,1-3H3,(H,21,24). The maximum absolute atomic E-state index is 12.7. The van der Waals surface area contributed by atoms with Crippen LogP contribution in [0.2, 0.25) is 0 Å². The molecule has 0 aliphatic carbocycles. The molecule has 1 heterocycles. The molecule has 0 saturated heterocycles. The SMILES string of the molecule is COc1ccc(S(=O)(=O)n2ccn(CC(=O)Nc3cccc(C)c3C)c2=O)cc1. The van der Waals surface area contributed by atoms with Crippen LogP contribution in [0.5, 0.6) is 5.75 Å². The summed E-state index contributed by atoms with van der Waals surface area (Å²) in [6.07, 6.45) is 2.40. The summed E-state index contributed by atoms with van der Waals surface area (Å²) in [5.74, 6) is 0.0670. The van der Waals surface area contributed by atoms with E-state index in [1.165, 1.54) is 37.6 Å². The van der Waals surface area contributed by atoms with Gasteiger partial charge in [0.25, 0.3) is 10.0 Å². The number of ether oxygens (including phenoxy) is 1. The second kappa shape index (κ2) is 7.96. The van der Waals surface area contributed by atoms with Gasteiger partial charge in [0, 0.05) is 18.1 Å². The third-order valence-corrected chi connectivity index (χ3v) is 6.29. The predicted molar refractivity (Wildman–Crippen MR) is 109 cm³/mol. The molecule has 0 saturated carbocycles. The highest BCUT2D eigenvalue weighted by atomic mass is 32.2. The second-order valence-corrected chi connectivity index (χ2v) is 8.30. The van der Waals surface area contributed by atoms with Crippen LogP contribution in [0.15, 0.2) is 64.5 Å². The number of methoxy groups -OCH3 is 1. The van der Waals surface area contributed by atoms with Crippen molar-refractivity contribution in [1.29, 1.82) is 0 Å². The summed E-state index contributed by atoms with van der Waals surface area (Å²) in [5, 5.41) is 2.75. The van der Waals surface area contributed by atoms with E-state index in [2.05, 4.69) is 5.32 Å². The Morgan fingerprint density at radius 2 is 1.76 bits per heavy atom. The molecule has 3 aromatic rings. The largest absolute Gasteiger partial charge is 0.497 e.